The Morgan fingerprint density at radius 3 is 2.45 bits per heavy atom. The van der Waals surface area contributed by atoms with Crippen LogP contribution in [-0.4, -0.2) is 41.4 Å². The largest absolute Gasteiger partial charge is 0.393 e. The molecule has 4 heteroatoms. The van der Waals surface area contributed by atoms with Gasteiger partial charge in [0.05, 0.1) is 24.9 Å². The van der Waals surface area contributed by atoms with E-state index in [9.17, 15) is 10.2 Å². The van der Waals surface area contributed by atoms with E-state index in [1.165, 1.54) is 18.4 Å². The maximum atomic E-state index is 12.2. The van der Waals surface area contributed by atoms with Crippen LogP contribution in [0.5, 0.6) is 0 Å². The fourth-order valence-corrected chi connectivity index (χ4v) is 8.53. The van der Waals surface area contributed by atoms with Gasteiger partial charge in [-0.25, -0.2) is 0 Å². The molecule has 1 aliphatic heterocycles. The van der Waals surface area contributed by atoms with Gasteiger partial charge in [-0.3, -0.25) is 0 Å². The van der Waals surface area contributed by atoms with Crippen molar-refractivity contribution in [2.75, 3.05) is 13.2 Å². The number of fused-ring (bicyclic) bond motifs is 5. The molecule has 0 aromatic rings. The van der Waals surface area contributed by atoms with E-state index in [-0.39, 0.29) is 17.8 Å². The number of ether oxygens (including phenoxy) is 2. The van der Waals surface area contributed by atoms with E-state index in [1.807, 2.05) is 0 Å². The average molecular weight is 405 g/mol. The molecule has 2 unspecified atom stereocenters. The zero-order valence-corrected chi connectivity index (χ0v) is 18.5. The number of rotatable bonds is 2. The summed E-state index contributed by atoms with van der Waals surface area (Å²) in [4.78, 5) is 0. The Morgan fingerprint density at radius 1 is 0.931 bits per heavy atom. The SMILES string of the molecule is C/C(=C/[C@H]1CC[C@@]2(O)[C@@H]3CCC4CC(O)CC[C@]4(C)[C@H]3CC[C@]12C)C1OCCO1. The summed E-state index contributed by atoms with van der Waals surface area (Å²) < 4.78 is 11.4. The third kappa shape index (κ3) is 2.92. The maximum absolute atomic E-state index is 12.2. The van der Waals surface area contributed by atoms with Crippen LogP contribution in [0.1, 0.15) is 78.6 Å². The van der Waals surface area contributed by atoms with Crippen LogP contribution in [-0.2, 0) is 9.47 Å². The van der Waals surface area contributed by atoms with E-state index in [2.05, 4.69) is 26.8 Å². The fraction of sp³-hybridized carbons (Fsp3) is 0.920. The third-order valence-corrected chi connectivity index (χ3v) is 10.4. The first kappa shape index (κ1) is 20.5. The number of hydrogen-bond acceptors (Lipinski definition) is 4. The molecule has 0 aromatic heterocycles. The molecule has 1 saturated heterocycles. The summed E-state index contributed by atoms with van der Waals surface area (Å²) in [7, 11) is 0. The van der Waals surface area contributed by atoms with Crippen molar-refractivity contribution in [3.05, 3.63) is 11.6 Å². The molecule has 4 saturated carbocycles. The highest BCUT2D eigenvalue weighted by Crippen LogP contribution is 2.69. The molecule has 0 bridgehead atoms. The Balaban J connectivity index is 1.41. The number of allylic oxidation sites excluding steroid dienone is 1. The summed E-state index contributed by atoms with van der Waals surface area (Å²) in [5.74, 6) is 2.06. The van der Waals surface area contributed by atoms with Gasteiger partial charge in [0.25, 0.3) is 0 Å². The van der Waals surface area contributed by atoms with Gasteiger partial charge in [0.15, 0.2) is 6.29 Å². The van der Waals surface area contributed by atoms with E-state index in [1.54, 1.807) is 0 Å². The normalized spacial score (nSPS) is 53.4. The van der Waals surface area contributed by atoms with E-state index in [0.717, 1.165) is 44.9 Å². The zero-order valence-electron chi connectivity index (χ0n) is 18.5. The van der Waals surface area contributed by atoms with Crippen molar-refractivity contribution < 1.29 is 19.7 Å². The molecular weight excluding hydrogens is 364 g/mol. The van der Waals surface area contributed by atoms with Gasteiger partial charge in [-0.1, -0.05) is 19.9 Å². The second-order valence-corrected chi connectivity index (χ2v) is 11.4. The third-order valence-electron chi connectivity index (χ3n) is 10.4. The van der Waals surface area contributed by atoms with Gasteiger partial charge in [0.2, 0.25) is 0 Å². The first-order chi connectivity index (χ1) is 13.8. The van der Waals surface area contributed by atoms with Crippen LogP contribution < -0.4 is 0 Å². The molecule has 8 atom stereocenters. The van der Waals surface area contributed by atoms with Crippen LogP contribution >= 0.6 is 0 Å². The Kier molecular flexibility index (Phi) is 4.98. The molecule has 5 aliphatic rings. The second kappa shape index (κ2) is 7.05. The minimum absolute atomic E-state index is 0.0502. The van der Waals surface area contributed by atoms with Crippen molar-refractivity contribution in [2.24, 2.45) is 34.5 Å². The van der Waals surface area contributed by atoms with Crippen molar-refractivity contribution in [3.63, 3.8) is 0 Å². The molecule has 2 N–H and O–H groups in total. The van der Waals surface area contributed by atoms with Crippen LogP contribution in [0.25, 0.3) is 0 Å². The highest BCUT2D eigenvalue weighted by molar-refractivity contribution is 5.21. The molecule has 0 amide bonds. The molecule has 0 spiro atoms. The lowest BCUT2D eigenvalue weighted by Gasteiger charge is -2.63. The Bertz CT molecular complexity index is 670. The lowest BCUT2D eigenvalue weighted by atomic mass is 9.43. The molecule has 4 aliphatic carbocycles. The van der Waals surface area contributed by atoms with Crippen LogP contribution in [0.4, 0.5) is 0 Å². The average Bonchev–Trinajstić information content (AvgIpc) is 3.31. The molecule has 5 rings (SSSR count). The van der Waals surface area contributed by atoms with Crippen LogP contribution in [0.3, 0.4) is 0 Å². The highest BCUT2D eigenvalue weighted by atomic mass is 16.7. The number of aliphatic hydroxyl groups is 2. The van der Waals surface area contributed by atoms with Gasteiger partial charge in [-0.15, -0.1) is 0 Å². The lowest BCUT2D eigenvalue weighted by molar-refractivity contribution is -0.207. The summed E-state index contributed by atoms with van der Waals surface area (Å²) in [5, 5.41) is 22.5. The van der Waals surface area contributed by atoms with Gasteiger partial charge >= 0.3 is 0 Å². The van der Waals surface area contributed by atoms with Crippen molar-refractivity contribution >= 4 is 0 Å². The predicted octanol–water partition coefficient (Wildman–Crippen LogP) is 4.44. The molecule has 0 radical (unpaired) electrons. The number of aliphatic hydroxyl groups excluding tert-OH is 1. The first-order valence-electron chi connectivity index (χ1n) is 12.1. The quantitative estimate of drug-likeness (QED) is 0.668. The minimum Gasteiger partial charge on any atom is -0.393 e. The molecule has 4 nitrogen and oxygen atoms in total. The zero-order chi connectivity index (χ0) is 20.4. The molecule has 0 aromatic carbocycles. The standard InChI is InChI=1S/C25H40O4/c1-16(22-28-12-13-29-22)14-18-6-11-25(27)21-5-4-17-15-19(26)7-9-23(17,2)20(21)8-10-24(18,25)3/h14,17-22,26-27H,4-13,15H2,1-3H3/b16-14-/t17?,18-,19?,20+,21-,23+,24-,25-/m1/s1. The van der Waals surface area contributed by atoms with Crippen molar-refractivity contribution in [1.82, 2.24) is 0 Å². The molecule has 1 heterocycles. The second-order valence-electron chi connectivity index (χ2n) is 11.4. The van der Waals surface area contributed by atoms with E-state index < -0.39 is 5.60 Å². The predicted molar refractivity (Wildman–Crippen MR) is 112 cm³/mol. The smallest absolute Gasteiger partial charge is 0.179 e. The topological polar surface area (TPSA) is 58.9 Å². The lowest BCUT2D eigenvalue weighted by Crippen LogP contribution is -2.62. The van der Waals surface area contributed by atoms with Crippen LogP contribution in [0.2, 0.25) is 0 Å². The van der Waals surface area contributed by atoms with Crippen LogP contribution in [0, 0.1) is 34.5 Å². The Morgan fingerprint density at radius 2 is 1.69 bits per heavy atom. The van der Waals surface area contributed by atoms with E-state index in [0.29, 0.717) is 42.3 Å². The summed E-state index contributed by atoms with van der Waals surface area (Å²) in [6.45, 7) is 8.33. The van der Waals surface area contributed by atoms with Gasteiger partial charge in [0.1, 0.15) is 0 Å². The minimum atomic E-state index is -0.557. The maximum Gasteiger partial charge on any atom is 0.179 e. The van der Waals surface area contributed by atoms with Crippen molar-refractivity contribution in [3.8, 4) is 0 Å². The Labute approximate surface area is 176 Å². The monoisotopic (exact) mass is 404 g/mol. The van der Waals surface area contributed by atoms with Crippen molar-refractivity contribution in [2.45, 2.75) is 96.6 Å². The number of hydrogen-bond donors (Lipinski definition) is 2. The van der Waals surface area contributed by atoms with Gasteiger partial charge in [0, 0.05) is 5.41 Å². The summed E-state index contributed by atoms with van der Waals surface area (Å²) in [6.07, 6.45) is 11.8. The van der Waals surface area contributed by atoms with E-state index in [4.69, 9.17) is 9.47 Å². The van der Waals surface area contributed by atoms with Crippen LogP contribution in [0.15, 0.2) is 11.6 Å². The Hall–Kier alpha value is -0.420. The molecule has 29 heavy (non-hydrogen) atoms. The molecule has 5 fully saturated rings. The van der Waals surface area contributed by atoms with Crippen molar-refractivity contribution in [1.29, 1.82) is 0 Å². The summed E-state index contributed by atoms with van der Waals surface area (Å²) in [5.41, 5.74) is 0.871. The molecule has 164 valence electrons. The van der Waals surface area contributed by atoms with Gasteiger partial charge in [-0.05, 0) is 99.4 Å². The fourth-order valence-electron chi connectivity index (χ4n) is 8.53. The molecular formula is C25H40O4. The van der Waals surface area contributed by atoms with Gasteiger partial charge < -0.3 is 19.7 Å². The van der Waals surface area contributed by atoms with Gasteiger partial charge in [-0.2, -0.15) is 0 Å². The highest BCUT2D eigenvalue weighted by Gasteiger charge is 2.66. The summed E-state index contributed by atoms with van der Waals surface area (Å²) in [6, 6.07) is 0. The first-order valence-corrected chi connectivity index (χ1v) is 12.1. The summed E-state index contributed by atoms with van der Waals surface area (Å²) >= 11 is 0. The van der Waals surface area contributed by atoms with E-state index >= 15 is 0 Å².